The van der Waals surface area contributed by atoms with Gasteiger partial charge in [-0.3, -0.25) is 13.7 Å². The van der Waals surface area contributed by atoms with Gasteiger partial charge in [-0.15, -0.1) is 23.1 Å². The van der Waals surface area contributed by atoms with Gasteiger partial charge < -0.3 is 4.57 Å². The first-order valence-corrected chi connectivity index (χ1v) is 46.5. The van der Waals surface area contributed by atoms with E-state index in [2.05, 4.69) is 437 Å². The van der Waals surface area contributed by atoms with Gasteiger partial charge in [0.1, 0.15) is 0 Å². The lowest BCUT2D eigenvalue weighted by molar-refractivity contribution is 0.892. The third-order valence-electron chi connectivity index (χ3n) is 26.8. The number of fused-ring (bicyclic) bond motifs is 31. The summed E-state index contributed by atoms with van der Waals surface area (Å²) in [5.74, 6) is 2.40. The number of hydrogen-bond donors (Lipinski definition) is 0. The molecule has 0 fully saturated rings. The van der Waals surface area contributed by atoms with E-state index in [0.717, 1.165) is 99.6 Å². The fraction of sp³-hybridized carbons (Fsp3) is 0.0167. The minimum atomic E-state index is 0.341. The summed E-state index contributed by atoms with van der Waals surface area (Å²) in [5.41, 5.74) is 23.0. The van der Waals surface area contributed by atoms with Gasteiger partial charge in [0, 0.05) is 124 Å². The van der Waals surface area contributed by atoms with E-state index < -0.39 is 0 Å². The maximum atomic E-state index is 5.43. The first-order chi connectivity index (χ1) is 65.5. The monoisotopic (exact) mass is 1720 g/mol. The molecule has 2 atom stereocenters. The van der Waals surface area contributed by atoms with Crippen molar-refractivity contribution in [1.29, 1.82) is 0 Å². The van der Waals surface area contributed by atoms with E-state index in [-0.39, 0.29) is 0 Å². The van der Waals surface area contributed by atoms with Crippen molar-refractivity contribution in [3.63, 3.8) is 0 Å². The fourth-order valence-corrected chi connectivity index (χ4v) is 23.8. The van der Waals surface area contributed by atoms with Crippen LogP contribution < -0.4 is 0 Å². The predicted octanol–water partition coefficient (Wildman–Crippen LogP) is 31.5. The van der Waals surface area contributed by atoms with Crippen LogP contribution in [0.15, 0.2) is 442 Å². The van der Waals surface area contributed by atoms with Crippen molar-refractivity contribution in [3.8, 4) is 68.4 Å². The zero-order valence-corrected chi connectivity index (χ0v) is 72.6. The molecule has 12 heteroatoms. The normalized spacial score (nSPS) is 13.7. The molecule has 8 aromatic heterocycles. The average Bonchev–Trinajstić information content (AvgIpc) is 1.54. The zero-order chi connectivity index (χ0) is 86.6. The molecule has 27 aromatic rings. The zero-order valence-electron chi connectivity index (χ0n) is 71.0. The average molecular weight is 1720 g/mol. The molecule has 616 valence electrons. The molecule has 1 aliphatic heterocycles. The number of nitrogens with zero attached hydrogens (tertiary/aromatic N) is 10. The van der Waals surface area contributed by atoms with Crippen molar-refractivity contribution in [3.05, 3.63) is 442 Å². The predicted molar refractivity (Wildman–Crippen MR) is 554 cm³/mol. The molecular formula is C120H74N10S2. The van der Waals surface area contributed by atoms with Crippen LogP contribution in [0, 0.1) is 0 Å². The Morgan fingerprint density at radius 3 is 1.26 bits per heavy atom. The van der Waals surface area contributed by atoms with Crippen molar-refractivity contribution in [1.82, 2.24) is 48.2 Å². The molecule has 19 aromatic carbocycles. The Morgan fingerprint density at radius 1 is 0.242 bits per heavy atom. The van der Waals surface area contributed by atoms with Gasteiger partial charge in [-0.1, -0.05) is 352 Å². The molecule has 0 bridgehead atoms. The minimum Gasteiger partial charge on any atom is -0.309 e. The first kappa shape index (κ1) is 75.4. The molecule has 0 amide bonds. The van der Waals surface area contributed by atoms with Crippen molar-refractivity contribution in [2.45, 2.75) is 16.1 Å². The first-order valence-electron chi connectivity index (χ1n) is 44.8. The number of thiophene rings is 1. The van der Waals surface area contributed by atoms with E-state index in [0.29, 0.717) is 29.0 Å². The Bertz CT molecular complexity index is 9540. The summed E-state index contributed by atoms with van der Waals surface area (Å²) in [4.78, 5) is 33.1. The Labute approximate surface area is 764 Å². The van der Waals surface area contributed by atoms with Gasteiger partial charge >= 0.3 is 0 Å². The summed E-state index contributed by atoms with van der Waals surface area (Å²) in [7, 11) is 0. The standard InChI is InChI=1S/C44H28N4.C40H23N3S.C36H23N3S/c1-3-13-29(14-4-1)43-35-19-7-10-20-38(35)45-44(46-43)48-40-22-12-9-18-34(40)37-28-31(24-26-42(37)48)30-23-25-41-36(27-30)33-17-8-11-21-39(33)47(41)32-15-5-2-6-16-32;1-2-13-25(14-3-1)36-31-23-22-24-12-4-5-15-26(24)37(31)42-40(41-36)43-32-20-10-8-18-29(32)34-27-16-6-7-17-28(27)35-30-19-9-11-21-33(30)44-39(35)38(34)43;1-2-12-22(13-3-1)33-25-16-6-9-19-28(25)37-36(38-33)39-29-20-10-7-17-26(29)31-32-27-18-8-11-21-30(27)40-35(32)24-15-5-4-14-23(24)34(31)39/h1-28H;1-23H;1-21,27,30H. The molecule has 2 unspecified atom stereocenters. The maximum absolute atomic E-state index is 5.43. The largest absolute Gasteiger partial charge is 0.309 e. The number of rotatable bonds is 8. The Kier molecular flexibility index (Phi) is 17.4. The van der Waals surface area contributed by atoms with Crippen LogP contribution in [-0.2, 0) is 0 Å². The molecule has 0 N–H and O–H groups in total. The summed E-state index contributed by atoms with van der Waals surface area (Å²) in [6, 6.07) is 146. The minimum absolute atomic E-state index is 0.341. The van der Waals surface area contributed by atoms with Gasteiger partial charge in [-0.25, -0.2) is 29.9 Å². The van der Waals surface area contributed by atoms with Crippen LogP contribution in [0.5, 0.6) is 0 Å². The Hall–Kier alpha value is -16.8. The fourth-order valence-electron chi connectivity index (χ4n) is 21.1. The molecule has 29 rings (SSSR count). The summed E-state index contributed by atoms with van der Waals surface area (Å²) >= 11 is 3.86. The number of benzene rings is 19. The van der Waals surface area contributed by atoms with Crippen molar-refractivity contribution < 1.29 is 0 Å². The number of allylic oxidation sites excluding steroid dienone is 3. The second-order valence-electron chi connectivity index (χ2n) is 34.1. The maximum Gasteiger partial charge on any atom is 0.235 e. The summed E-state index contributed by atoms with van der Waals surface area (Å²) in [6.07, 6.45) is 9.13. The number of hydrogen-bond acceptors (Lipinski definition) is 8. The molecule has 132 heavy (non-hydrogen) atoms. The number of thioether (sulfide) groups is 1. The van der Waals surface area contributed by atoms with Gasteiger partial charge in [0.2, 0.25) is 17.8 Å². The highest BCUT2D eigenvalue weighted by atomic mass is 32.2. The number of para-hydroxylation sites is 7. The van der Waals surface area contributed by atoms with E-state index >= 15 is 0 Å². The molecule has 0 saturated heterocycles. The lowest BCUT2D eigenvalue weighted by Gasteiger charge is -2.16. The smallest absolute Gasteiger partial charge is 0.235 e. The number of aromatic nitrogens is 10. The van der Waals surface area contributed by atoms with Crippen molar-refractivity contribution in [2.24, 2.45) is 0 Å². The van der Waals surface area contributed by atoms with Crippen LogP contribution in [-0.4, -0.2) is 53.4 Å². The lowest BCUT2D eigenvalue weighted by atomic mass is 9.87. The molecule has 2 aliphatic rings. The van der Waals surface area contributed by atoms with Crippen LogP contribution >= 0.6 is 23.1 Å². The van der Waals surface area contributed by atoms with Crippen molar-refractivity contribution in [2.75, 3.05) is 0 Å². The van der Waals surface area contributed by atoms with Crippen molar-refractivity contribution >= 4 is 196 Å². The van der Waals surface area contributed by atoms with Crippen LogP contribution in [0.1, 0.15) is 11.5 Å². The van der Waals surface area contributed by atoms with E-state index in [1.165, 1.54) is 134 Å². The molecule has 0 spiro atoms. The van der Waals surface area contributed by atoms with Gasteiger partial charge in [-0.2, -0.15) is 0 Å². The highest BCUT2D eigenvalue weighted by Gasteiger charge is 2.37. The summed E-state index contributed by atoms with van der Waals surface area (Å²) in [6.45, 7) is 0. The van der Waals surface area contributed by atoms with Gasteiger partial charge in [0.15, 0.2) is 0 Å². The van der Waals surface area contributed by atoms with Crippen LogP contribution in [0.3, 0.4) is 0 Å². The van der Waals surface area contributed by atoms with Crippen LogP contribution in [0.4, 0.5) is 0 Å². The lowest BCUT2D eigenvalue weighted by Crippen LogP contribution is -2.07. The SMILES string of the molecule is C1=CC2Sc3c(c4c5ccccc5n(-c5nc(-c6ccccc6)c6ccccc6n5)c4c4ccccc34)C2C=C1.c1ccc(-c2nc(-n3c4ccccc4c4c5ccccc5c5c6ccccc6sc5c43)nc3c2ccc2ccccc23)cc1.c1ccc(-c2nc(-n3c4ccccc4c4cc(-c5ccc6c(c5)c5ccccc5n6-c5ccccc5)ccc43)nc3ccccc23)cc1. The summed E-state index contributed by atoms with van der Waals surface area (Å²) < 4.78 is 11.8. The van der Waals surface area contributed by atoms with E-state index in [1.54, 1.807) is 0 Å². The van der Waals surface area contributed by atoms with Gasteiger partial charge in [0.25, 0.3) is 0 Å². The van der Waals surface area contributed by atoms with Crippen LogP contribution in [0.2, 0.25) is 0 Å². The van der Waals surface area contributed by atoms with E-state index in [1.807, 2.05) is 41.3 Å². The quantitative estimate of drug-likeness (QED) is 0.140. The molecule has 0 saturated carbocycles. The molecule has 9 heterocycles. The van der Waals surface area contributed by atoms with Crippen LogP contribution in [0.25, 0.3) is 241 Å². The Balaban J connectivity index is 0.000000102. The summed E-state index contributed by atoms with van der Waals surface area (Å²) in [5, 5.41) is 23.4. The second-order valence-corrected chi connectivity index (χ2v) is 36.3. The van der Waals surface area contributed by atoms with E-state index in [4.69, 9.17) is 29.9 Å². The topological polar surface area (TPSA) is 97.1 Å². The third kappa shape index (κ3) is 11.8. The highest BCUT2D eigenvalue weighted by molar-refractivity contribution is 8.00. The molecule has 0 radical (unpaired) electrons. The van der Waals surface area contributed by atoms with Gasteiger partial charge in [0.05, 0.1) is 82.5 Å². The second kappa shape index (κ2) is 30.5. The Morgan fingerprint density at radius 2 is 0.659 bits per heavy atom. The highest BCUT2D eigenvalue weighted by Crippen LogP contribution is 2.57. The third-order valence-corrected chi connectivity index (χ3v) is 29.4. The van der Waals surface area contributed by atoms with Gasteiger partial charge in [-0.05, 0) is 123 Å². The molecular weight excluding hydrogens is 1650 g/mol. The molecule has 10 nitrogen and oxygen atoms in total. The van der Waals surface area contributed by atoms with E-state index in [9.17, 15) is 0 Å². The molecule has 1 aliphatic carbocycles.